The number of rotatable bonds is 6. The van der Waals surface area contributed by atoms with Crippen LogP contribution in [0.1, 0.15) is 25.7 Å². The second-order valence-corrected chi connectivity index (χ2v) is 8.32. The molecule has 0 radical (unpaired) electrons. The molecule has 30 heavy (non-hydrogen) atoms. The van der Waals surface area contributed by atoms with Gasteiger partial charge in [0.05, 0.1) is 19.0 Å². The van der Waals surface area contributed by atoms with Crippen LogP contribution >= 0.6 is 11.8 Å². The number of methoxy groups -OCH3 is 1. The van der Waals surface area contributed by atoms with E-state index in [-0.39, 0.29) is 5.75 Å². The zero-order valence-corrected chi connectivity index (χ0v) is 17.2. The quantitative estimate of drug-likeness (QED) is 0.445. The Labute approximate surface area is 177 Å². The molecule has 1 fully saturated rings. The lowest BCUT2D eigenvalue weighted by molar-refractivity contribution is -0.274. The summed E-state index contributed by atoms with van der Waals surface area (Å²) in [5, 5.41) is 1.33. The highest BCUT2D eigenvalue weighted by molar-refractivity contribution is 7.99. The van der Waals surface area contributed by atoms with Crippen molar-refractivity contribution in [1.29, 1.82) is 0 Å². The van der Waals surface area contributed by atoms with E-state index < -0.39 is 6.36 Å². The zero-order chi connectivity index (χ0) is 21.1. The van der Waals surface area contributed by atoms with Gasteiger partial charge in [0.2, 0.25) is 0 Å². The number of alkyl halides is 3. The van der Waals surface area contributed by atoms with E-state index in [0.717, 1.165) is 40.7 Å². The molecule has 1 aromatic heterocycles. The van der Waals surface area contributed by atoms with Gasteiger partial charge in [0.1, 0.15) is 11.5 Å². The summed E-state index contributed by atoms with van der Waals surface area (Å²) in [4.78, 5) is 4.64. The van der Waals surface area contributed by atoms with Crippen LogP contribution in [0, 0.1) is 0 Å². The summed E-state index contributed by atoms with van der Waals surface area (Å²) in [5.41, 5.74) is 2.54. The van der Waals surface area contributed by atoms with Crippen molar-refractivity contribution in [2.24, 2.45) is 0 Å². The van der Waals surface area contributed by atoms with E-state index in [9.17, 15) is 13.2 Å². The molecule has 0 amide bonds. The molecule has 0 N–H and O–H groups in total. The van der Waals surface area contributed by atoms with Crippen molar-refractivity contribution in [2.45, 2.75) is 42.5 Å². The van der Waals surface area contributed by atoms with Gasteiger partial charge >= 0.3 is 6.36 Å². The lowest BCUT2D eigenvalue weighted by Crippen LogP contribution is -2.17. The number of hydrogen-bond donors (Lipinski definition) is 0. The first kappa shape index (κ1) is 20.7. The van der Waals surface area contributed by atoms with E-state index in [1.54, 1.807) is 37.2 Å². The van der Waals surface area contributed by atoms with Gasteiger partial charge in [-0.3, -0.25) is 4.57 Å². The Hall–Kier alpha value is -2.61. The smallest absolute Gasteiger partial charge is 0.497 e. The van der Waals surface area contributed by atoms with E-state index in [2.05, 4.69) is 9.72 Å². The highest BCUT2D eigenvalue weighted by atomic mass is 32.2. The fourth-order valence-corrected chi connectivity index (χ4v) is 4.88. The van der Waals surface area contributed by atoms with Crippen LogP contribution in [-0.4, -0.2) is 28.3 Å². The molecule has 1 heterocycles. The number of hydrogen-bond acceptors (Lipinski definition) is 4. The van der Waals surface area contributed by atoms with E-state index >= 15 is 0 Å². The second-order valence-electron chi connectivity index (χ2n) is 7.06. The standard InChI is InChI=1S/C22H21F3N2O2S/c1-28-17-10-6-15(7-11-17)20-14-26-21(30-19-4-2-3-5-19)27(20)16-8-12-18(13-9-16)29-22(23,24)25/h6-14,19H,2-5H2,1H3. The summed E-state index contributed by atoms with van der Waals surface area (Å²) < 4.78 is 48.7. The maximum atomic E-state index is 12.5. The van der Waals surface area contributed by atoms with Crippen LogP contribution in [0.2, 0.25) is 0 Å². The van der Waals surface area contributed by atoms with Crippen LogP contribution in [0.15, 0.2) is 59.9 Å². The van der Waals surface area contributed by atoms with Crippen molar-refractivity contribution < 1.29 is 22.6 Å². The van der Waals surface area contributed by atoms with Crippen LogP contribution in [0.25, 0.3) is 16.9 Å². The van der Waals surface area contributed by atoms with Crippen molar-refractivity contribution >= 4 is 11.8 Å². The van der Waals surface area contributed by atoms with Crippen molar-refractivity contribution in [3.63, 3.8) is 0 Å². The molecule has 0 bridgehead atoms. The topological polar surface area (TPSA) is 36.3 Å². The molecule has 2 aromatic carbocycles. The lowest BCUT2D eigenvalue weighted by atomic mass is 10.1. The third-order valence-electron chi connectivity index (χ3n) is 5.02. The molecule has 158 valence electrons. The minimum absolute atomic E-state index is 0.248. The zero-order valence-electron chi connectivity index (χ0n) is 16.4. The Morgan fingerprint density at radius 1 is 0.967 bits per heavy atom. The van der Waals surface area contributed by atoms with Gasteiger partial charge < -0.3 is 9.47 Å². The Morgan fingerprint density at radius 3 is 2.20 bits per heavy atom. The average Bonchev–Trinajstić information content (AvgIpc) is 3.38. The molecule has 1 aliphatic rings. The van der Waals surface area contributed by atoms with Crippen molar-refractivity contribution in [3.05, 3.63) is 54.7 Å². The normalized spacial score (nSPS) is 14.8. The molecular weight excluding hydrogens is 413 g/mol. The third kappa shape index (κ3) is 4.75. The van der Waals surface area contributed by atoms with Crippen molar-refractivity contribution in [1.82, 2.24) is 9.55 Å². The highest BCUT2D eigenvalue weighted by Crippen LogP contribution is 2.38. The number of benzene rings is 2. The van der Waals surface area contributed by atoms with Crippen LogP contribution in [0.5, 0.6) is 11.5 Å². The second kappa shape index (κ2) is 8.63. The maximum Gasteiger partial charge on any atom is 0.573 e. The molecule has 4 nitrogen and oxygen atoms in total. The monoisotopic (exact) mass is 434 g/mol. The number of nitrogens with zero attached hydrogens (tertiary/aromatic N) is 2. The van der Waals surface area contributed by atoms with Gasteiger partial charge in [0, 0.05) is 16.5 Å². The first-order chi connectivity index (χ1) is 14.4. The number of halogens is 3. The largest absolute Gasteiger partial charge is 0.573 e. The summed E-state index contributed by atoms with van der Waals surface area (Å²) in [6, 6.07) is 13.5. The molecule has 3 aromatic rings. The van der Waals surface area contributed by atoms with Gasteiger partial charge in [0.15, 0.2) is 5.16 Å². The van der Waals surface area contributed by atoms with Crippen molar-refractivity contribution in [2.75, 3.05) is 7.11 Å². The summed E-state index contributed by atoms with van der Waals surface area (Å²) >= 11 is 1.73. The van der Waals surface area contributed by atoms with Crippen LogP contribution < -0.4 is 9.47 Å². The predicted octanol–water partition coefficient (Wildman–Crippen LogP) is 6.48. The lowest BCUT2D eigenvalue weighted by Gasteiger charge is -2.15. The first-order valence-corrected chi connectivity index (χ1v) is 10.6. The third-order valence-corrected chi connectivity index (χ3v) is 6.32. The molecule has 0 aliphatic heterocycles. The Kier molecular flexibility index (Phi) is 5.94. The minimum Gasteiger partial charge on any atom is -0.497 e. The minimum atomic E-state index is -4.71. The fourth-order valence-electron chi connectivity index (χ4n) is 3.59. The number of thioether (sulfide) groups is 1. The first-order valence-electron chi connectivity index (χ1n) is 9.68. The fraction of sp³-hybridized carbons (Fsp3) is 0.318. The number of ether oxygens (including phenoxy) is 2. The molecule has 8 heteroatoms. The van der Waals surface area contributed by atoms with Gasteiger partial charge in [-0.1, -0.05) is 24.6 Å². The number of aromatic nitrogens is 2. The Balaban J connectivity index is 1.71. The van der Waals surface area contributed by atoms with Crippen LogP contribution in [-0.2, 0) is 0 Å². The van der Waals surface area contributed by atoms with E-state index in [4.69, 9.17) is 4.74 Å². The SMILES string of the molecule is COc1ccc(-c2cnc(SC3CCCC3)n2-c2ccc(OC(F)(F)F)cc2)cc1. The maximum absolute atomic E-state index is 12.5. The molecular formula is C22H21F3N2O2S. The number of imidazole rings is 1. The summed E-state index contributed by atoms with van der Waals surface area (Å²) in [5.74, 6) is 0.501. The molecule has 0 saturated heterocycles. The summed E-state index contributed by atoms with van der Waals surface area (Å²) in [6.45, 7) is 0. The van der Waals surface area contributed by atoms with E-state index in [0.29, 0.717) is 5.25 Å². The molecule has 0 spiro atoms. The molecule has 4 rings (SSSR count). The predicted molar refractivity (Wildman–Crippen MR) is 110 cm³/mol. The molecule has 1 aliphatic carbocycles. The molecule has 0 unspecified atom stereocenters. The average molecular weight is 434 g/mol. The van der Waals surface area contributed by atoms with Crippen LogP contribution in [0.3, 0.4) is 0 Å². The van der Waals surface area contributed by atoms with Gasteiger partial charge in [-0.25, -0.2) is 4.98 Å². The van der Waals surface area contributed by atoms with Crippen LogP contribution in [0.4, 0.5) is 13.2 Å². The Bertz CT molecular complexity index is 979. The van der Waals surface area contributed by atoms with Gasteiger partial charge in [-0.2, -0.15) is 0 Å². The highest BCUT2D eigenvalue weighted by Gasteiger charge is 2.31. The molecule has 1 saturated carbocycles. The van der Waals surface area contributed by atoms with E-state index in [1.807, 2.05) is 28.8 Å². The molecule has 0 atom stereocenters. The summed E-state index contributed by atoms with van der Waals surface area (Å²) in [6.07, 6.45) is 1.81. The van der Waals surface area contributed by atoms with E-state index in [1.165, 1.54) is 25.0 Å². The van der Waals surface area contributed by atoms with Gasteiger partial charge in [-0.15, -0.1) is 13.2 Å². The van der Waals surface area contributed by atoms with Gasteiger partial charge in [0.25, 0.3) is 0 Å². The Morgan fingerprint density at radius 2 is 1.60 bits per heavy atom. The summed E-state index contributed by atoms with van der Waals surface area (Å²) in [7, 11) is 1.61. The van der Waals surface area contributed by atoms with Gasteiger partial charge in [-0.05, 0) is 61.4 Å². The van der Waals surface area contributed by atoms with Crippen molar-refractivity contribution in [3.8, 4) is 28.4 Å².